The number of carbonyl (C=O) groups excluding carboxylic acids is 1. The predicted molar refractivity (Wildman–Crippen MR) is 108 cm³/mol. The third-order valence-corrected chi connectivity index (χ3v) is 5.92. The van der Waals surface area contributed by atoms with Gasteiger partial charge in [-0.2, -0.15) is 0 Å². The molecule has 1 aliphatic carbocycles. The second kappa shape index (κ2) is 10.6. The van der Waals surface area contributed by atoms with Crippen molar-refractivity contribution in [2.24, 2.45) is 17.8 Å². The molecule has 154 valence electrons. The molecule has 5 heteroatoms. The van der Waals surface area contributed by atoms with Crippen LogP contribution in [0.2, 0.25) is 0 Å². The molecule has 1 aliphatic heterocycles. The van der Waals surface area contributed by atoms with E-state index in [-0.39, 0.29) is 24.3 Å². The van der Waals surface area contributed by atoms with Crippen LogP contribution in [0.1, 0.15) is 51.0 Å². The highest BCUT2D eigenvalue weighted by atomic mass is 16.7. The van der Waals surface area contributed by atoms with Crippen LogP contribution in [0, 0.1) is 17.8 Å². The van der Waals surface area contributed by atoms with Crippen molar-refractivity contribution < 1.29 is 19.4 Å². The summed E-state index contributed by atoms with van der Waals surface area (Å²) < 4.78 is 11.9. The van der Waals surface area contributed by atoms with E-state index in [1.807, 2.05) is 43.3 Å². The summed E-state index contributed by atoms with van der Waals surface area (Å²) >= 11 is 0. The first kappa shape index (κ1) is 20.9. The van der Waals surface area contributed by atoms with Crippen LogP contribution in [-0.2, 0) is 20.8 Å². The van der Waals surface area contributed by atoms with Crippen molar-refractivity contribution in [1.82, 2.24) is 5.32 Å². The summed E-state index contributed by atoms with van der Waals surface area (Å²) in [5.41, 5.74) is 1.06. The van der Waals surface area contributed by atoms with Gasteiger partial charge in [-0.25, -0.2) is 0 Å². The topological polar surface area (TPSA) is 67.8 Å². The molecule has 1 fully saturated rings. The standard InChI is InChI=1S/C23H33NO4/c1-2-27-23-19(13-8-14-25)20(18-11-6-7-12-18)15-21(28-23)22(26)24-16-17-9-4-3-5-10-17/h3-5,9-10,15,18-20,23,25H,2,6-8,11-14,16H2,1H3,(H,24,26)/t19-,20+,23+/m1/s1. The average Bonchev–Trinajstić information content (AvgIpc) is 3.26. The van der Waals surface area contributed by atoms with Crippen molar-refractivity contribution in [3.63, 3.8) is 0 Å². The number of aliphatic hydroxyl groups is 1. The largest absolute Gasteiger partial charge is 0.459 e. The Hall–Kier alpha value is -1.85. The molecule has 1 aromatic carbocycles. The zero-order chi connectivity index (χ0) is 19.8. The maximum absolute atomic E-state index is 12.8. The molecule has 3 atom stereocenters. The van der Waals surface area contributed by atoms with E-state index in [9.17, 15) is 9.90 Å². The van der Waals surface area contributed by atoms with Crippen LogP contribution in [0.3, 0.4) is 0 Å². The Balaban J connectivity index is 1.75. The molecule has 1 saturated carbocycles. The predicted octanol–water partition coefficient (Wildman–Crippen LogP) is 3.77. The highest BCUT2D eigenvalue weighted by Crippen LogP contribution is 2.43. The van der Waals surface area contributed by atoms with E-state index in [0.29, 0.717) is 24.8 Å². The van der Waals surface area contributed by atoms with Gasteiger partial charge in [0.05, 0.1) is 0 Å². The van der Waals surface area contributed by atoms with E-state index in [1.165, 1.54) is 25.7 Å². The molecule has 3 rings (SSSR count). The monoisotopic (exact) mass is 387 g/mol. The zero-order valence-corrected chi connectivity index (χ0v) is 16.8. The first-order valence-electron chi connectivity index (χ1n) is 10.7. The lowest BCUT2D eigenvalue weighted by atomic mass is 9.76. The summed E-state index contributed by atoms with van der Waals surface area (Å²) in [5, 5.41) is 12.3. The van der Waals surface area contributed by atoms with Gasteiger partial charge in [-0.15, -0.1) is 0 Å². The lowest BCUT2D eigenvalue weighted by Gasteiger charge is -2.39. The number of benzene rings is 1. The summed E-state index contributed by atoms with van der Waals surface area (Å²) in [6, 6.07) is 9.87. The molecule has 2 aliphatic rings. The van der Waals surface area contributed by atoms with Crippen LogP contribution in [0.15, 0.2) is 42.2 Å². The summed E-state index contributed by atoms with van der Waals surface area (Å²) in [6.45, 7) is 3.13. The van der Waals surface area contributed by atoms with Crippen molar-refractivity contribution in [2.45, 2.75) is 58.3 Å². The number of nitrogens with one attached hydrogen (secondary N) is 1. The van der Waals surface area contributed by atoms with Crippen molar-refractivity contribution in [2.75, 3.05) is 13.2 Å². The molecule has 0 unspecified atom stereocenters. The van der Waals surface area contributed by atoms with Gasteiger partial charge < -0.3 is 19.9 Å². The third kappa shape index (κ3) is 5.36. The Morgan fingerprint density at radius 1 is 1.25 bits per heavy atom. The van der Waals surface area contributed by atoms with Gasteiger partial charge in [-0.1, -0.05) is 43.2 Å². The molecule has 0 aromatic heterocycles. The minimum Gasteiger partial charge on any atom is -0.459 e. The molecule has 0 saturated heterocycles. The molecule has 0 bridgehead atoms. The molecule has 0 spiro atoms. The number of allylic oxidation sites excluding steroid dienone is 1. The maximum atomic E-state index is 12.8. The number of aliphatic hydroxyl groups excluding tert-OH is 1. The van der Waals surface area contributed by atoms with Crippen LogP contribution in [0.25, 0.3) is 0 Å². The fraction of sp³-hybridized carbons (Fsp3) is 0.609. The van der Waals surface area contributed by atoms with Gasteiger partial charge in [-0.3, -0.25) is 4.79 Å². The summed E-state index contributed by atoms with van der Waals surface area (Å²) in [4.78, 5) is 12.8. The average molecular weight is 388 g/mol. The fourth-order valence-corrected chi connectivity index (χ4v) is 4.53. The van der Waals surface area contributed by atoms with Crippen molar-refractivity contribution >= 4 is 5.91 Å². The Kier molecular flexibility index (Phi) is 7.92. The number of ether oxygens (including phenoxy) is 2. The number of rotatable bonds is 9. The SMILES string of the molecule is CCO[C@H]1OC(C(=O)NCc2ccccc2)=C[C@@H](C2CCCC2)[C@H]1CCCO. The summed E-state index contributed by atoms with van der Waals surface area (Å²) in [5.74, 6) is 1.20. The quantitative estimate of drug-likeness (QED) is 0.677. The molecular weight excluding hydrogens is 354 g/mol. The fourth-order valence-electron chi connectivity index (χ4n) is 4.53. The van der Waals surface area contributed by atoms with Gasteiger partial charge in [0.25, 0.3) is 5.91 Å². The van der Waals surface area contributed by atoms with Crippen LogP contribution < -0.4 is 5.32 Å². The van der Waals surface area contributed by atoms with E-state index in [1.54, 1.807) is 0 Å². The smallest absolute Gasteiger partial charge is 0.286 e. The molecule has 1 aromatic rings. The highest BCUT2D eigenvalue weighted by molar-refractivity contribution is 5.91. The second-order valence-electron chi connectivity index (χ2n) is 7.79. The van der Waals surface area contributed by atoms with E-state index in [2.05, 4.69) is 5.32 Å². The van der Waals surface area contributed by atoms with E-state index in [4.69, 9.17) is 9.47 Å². The Bertz CT molecular complexity index is 639. The molecule has 2 N–H and O–H groups in total. The molecule has 0 radical (unpaired) electrons. The van der Waals surface area contributed by atoms with E-state index >= 15 is 0 Å². The number of hydrogen-bond donors (Lipinski definition) is 2. The molecule has 28 heavy (non-hydrogen) atoms. The summed E-state index contributed by atoms with van der Waals surface area (Å²) in [7, 11) is 0. The Labute approximate surface area is 168 Å². The van der Waals surface area contributed by atoms with Crippen molar-refractivity contribution in [3.05, 3.63) is 47.7 Å². The minimum atomic E-state index is -0.426. The zero-order valence-electron chi connectivity index (χ0n) is 16.8. The Morgan fingerprint density at radius 3 is 2.68 bits per heavy atom. The normalized spacial score (nSPS) is 25.2. The van der Waals surface area contributed by atoms with Gasteiger partial charge in [0.15, 0.2) is 5.76 Å². The highest BCUT2D eigenvalue weighted by Gasteiger charge is 2.41. The molecule has 1 amide bonds. The van der Waals surface area contributed by atoms with Crippen LogP contribution in [0.5, 0.6) is 0 Å². The van der Waals surface area contributed by atoms with Gasteiger partial charge in [0, 0.05) is 25.7 Å². The lowest BCUT2D eigenvalue weighted by molar-refractivity contribution is -0.176. The maximum Gasteiger partial charge on any atom is 0.286 e. The van der Waals surface area contributed by atoms with E-state index in [0.717, 1.165) is 18.4 Å². The summed E-state index contributed by atoms with van der Waals surface area (Å²) in [6.07, 6.45) is 8.05. The number of carbonyl (C=O) groups is 1. The van der Waals surface area contributed by atoms with Crippen LogP contribution in [-0.4, -0.2) is 30.5 Å². The molecule has 1 heterocycles. The van der Waals surface area contributed by atoms with Gasteiger partial charge in [-0.05, 0) is 56.1 Å². The van der Waals surface area contributed by atoms with Crippen LogP contribution in [0.4, 0.5) is 0 Å². The molecular formula is C23H33NO4. The van der Waals surface area contributed by atoms with E-state index < -0.39 is 6.29 Å². The first-order chi connectivity index (χ1) is 13.7. The van der Waals surface area contributed by atoms with Crippen molar-refractivity contribution in [1.29, 1.82) is 0 Å². The number of amides is 1. The third-order valence-electron chi connectivity index (χ3n) is 5.92. The van der Waals surface area contributed by atoms with Gasteiger partial charge >= 0.3 is 0 Å². The van der Waals surface area contributed by atoms with Gasteiger partial charge in [0.2, 0.25) is 6.29 Å². The first-order valence-corrected chi connectivity index (χ1v) is 10.7. The Morgan fingerprint density at radius 2 is 2.00 bits per heavy atom. The van der Waals surface area contributed by atoms with Gasteiger partial charge in [0.1, 0.15) is 0 Å². The lowest BCUT2D eigenvalue weighted by Crippen LogP contribution is -2.41. The molecule has 5 nitrogen and oxygen atoms in total. The van der Waals surface area contributed by atoms with Crippen molar-refractivity contribution in [3.8, 4) is 0 Å². The second-order valence-corrected chi connectivity index (χ2v) is 7.79. The minimum absolute atomic E-state index is 0.168. The van der Waals surface area contributed by atoms with Crippen LogP contribution >= 0.6 is 0 Å². The number of hydrogen-bond acceptors (Lipinski definition) is 4.